The highest BCUT2D eigenvalue weighted by molar-refractivity contribution is 5.80. The van der Waals surface area contributed by atoms with Crippen LogP contribution in [0.4, 0.5) is 0 Å². The van der Waals surface area contributed by atoms with Crippen LogP contribution in [0.25, 0.3) is 0 Å². The molecule has 2 rings (SSSR count). The van der Waals surface area contributed by atoms with E-state index in [-0.39, 0.29) is 30.9 Å². The van der Waals surface area contributed by atoms with Crippen LogP contribution in [0.5, 0.6) is 5.75 Å². The summed E-state index contributed by atoms with van der Waals surface area (Å²) in [6.45, 7) is -0.193. The third kappa shape index (κ3) is 6.22. The van der Waals surface area contributed by atoms with E-state index < -0.39 is 0 Å². The molecule has 132 valence electrons. The molecule has 0 aromatic heterocycles. The lowest BCUT2D eigenvalue weighted by Gasteiger charge is -2.16. The van der Waals surface area contributed by atoms with Crippen molar-refractivity contribution in [1.29, 1.82) is 0 Å². The normalized spacial score (nSPS) is 15.4. The molecule has 1 saturated carbocycles. The van der Waals surface area contributed by atoms with E-state index in [1.807, 2.05) is 24.3 Å². The number of benzene rings is 1. The molecule has 1 fully saturated rings. The molecule has 1 aromatic rings. The summed E-state index contributed by atoms with van der Waals surface area (Å²) >= 11 is 0. The third-order valence-corrected chi connectivity index (χ3v) is 4.38. The Balaban J connectivity index is 1.67. The quantitative estimate of drug-likeness (QED) is 0.615. The van der Waals surface area contributed by atoms with E-state index in [0.717, 1.165) is 37.0 Å². The van der Waals surface area contributed by atoms with E-state index in [2.05, 4.69) is 5.32 Å². The van der Waals surface area contributed by atoms with Crippen LogP contribution < -0.4 is 10.1 Å². The van der Waals surface area contributed by atoms with Gasteiger partial charge in [0.25, 0.3) is 5.91 Å². The number of para-hydroxylation sites is 1. The molecule has 1 aliphatic carbocycles. The van der Waals surface area contributed by atoms with Crippen molar-refractivity contribution in [3.63, 3.8) is 0 Å². The van der Waals surface area contributed by atoms with Crippen molar-refractivity contribution in [3.05, 3.63) is 29.8 Å². The zero-order valence-corrected chi connectivity index (χ0v) is 14.4. The predicted molar refractivity (Wildman–Crippen MR) is 91.9 cm³/mol. The minimum absolute atomic E-state index is 0.193. The van der Waals surface area contributed by atoms with E-state index in [1.165, 1.54) is 12.8 Å². The second kappa shape index (κ2) is 9.96. The largest absolute Gasteiger partial charge is 0.496 e. The number of ether oxygens (including phenoxy) is 2. The number of methoxy groups -OCH3 is 1. The molecule has 0 heterocycles. The molecule has 0 spiro atoms. The first-order chi connectivity index (χ1) is 11.7. The number of nitrogens with one attached hydrogen (secondary N) is 1. The number of hydrogen-bond donors (Lipinski definition) is 1. The van der Waals surface area contributed by atoms with Gasteiger partial charge in [-0.3, -0.25) is 9.59 Å². The number of hydrogen-bond acceptors (Lipinski definition) is 4. The highest BCUT2D eigenvalue weighted by atomic mass is 16.5. The zero-order chi connectivity index (χ0) is 17.2. The van der Waals surface area contributed by atoms with Crippen LogP contribution in [-0.2, 0) is 20.7 Å². The van der Waals surface area contributed by atoms with Crippen molar-refractivity contribution in [2.75, 3.05) is 13.7 Å². The van der Waals surface area contributed by atoms with Gasteiger partial charge < -0.3 is 14.8 Å². The summed E-state index contributed by atoms with van der Waals surface area (Å²) in [6.07, 6.45) is 7.60. The molecule has 1 aromatic carbocycles. The van der Waals surface area contributed by atoms with E-state index in [0.29, 0.717) is 6.42 Å². The number of rotatable bonds is 7. The fourth-order valence-electron chi connectivity index (χ4n) is 3.06. The molecule has 5 nitrogen and oxygen atoms in total. The molecule has 1 N–H and O–H groups in total. The monoisotopic (exact) mass is 333 g/mol. The Hall–Kier alpha value is -2.04. The van der Waals surface area contributed by atoms with Gasteiger partial charge >= 0.3 is 5.97 Å². The van der Waals surface area contributed by atoms with E-state index in [4.69, 9.17) is 9.47 Å². The van der Waals surface area contributed by atoms with Crippen molar-refractivity contribution in [2.45, 2.75) is 57.4 Å². The molecule has 0 aliphatic heterocycles. The minimum Gasteiger partial charge on any atom is -0.496 e. The van der Waals surface area contributed by atoms with Gasteiger partial charge in [0, 0.05) is 12.5 Å². The maximum atomic E-state index is 11.9. The Labute approximate surface area is 143 Å². The molecule has 0 atom stereocenters. The predicted octanol–water partition coefficient (Wildman–Crippen LogP) is 3.01. The third-order valence-electron chi connectivity index (χ3n) is 4.38. The minimum atomic E-state index is -0.364. The van der Waals surface area contributed by atoms with Gasteiger partial charge in [0.2, 0.25) is 0 Å². The molecule has 0 radical (unpaired) electrons. The number of amides is 1. The maximum absolute atomic E-state index is 11.9. The van der Waals surface area contributed by atoms with Crippen LogP contribution in [0.1, 0.15) is 50.5 Å². The van der Waals surface area contributed by atoms with E-state index in [1.54, 1.807) is 7.11 Å². The molecule has 1 aliphatic rings. The number of carbonyl (C=O) groups excluding carboxylic acids is 2. The second-order valence-corrected chi connectivity index (χ2v) is 6.23. The summed E-state index contributed by atoms with van der Waals surface area (Å²) in [5.41, 5.74) is 0.958. The van der Waals surface area contributed by atoms with Gasteiger partial charge in [-0.15, -0.1) is 0 Å². The summed E-state index contributed by atoms with van der Waals surface area (Å²) in [5, 5.41) is 2.97. The molecule has 24 heavy (non-hydrogen) atoms. The summed E-state index contributed by atoms with van der Waals surface area (Å²) in [5.74, 6) is 0.195. The van der Waals surface area contributed by atoms with Gasteiger partial charge in [-0.25, -0.2) is 0 Å². The maximum Gasteiger partial charge on any atom is 0.306 e. The molecule has 1 amide bonds. The van der Waals surface area contributed by atoms with Gasteiger partial charge in [-0.2, -0.15) is 0 Å². The SMILES string of the molecule is COc1ccccc1CCC(=O)OCC(=O)NC1CCCCCC1. The highest BCUT2D eigenvalue weighted by Gasteiger charge is 2.16. The first-order valence-corrected chi connectivity index (χ1v) is 8.76. The molecule has 0 unspecified atom stereocenters. The molecule has 0 bridgehead atoms. The lowest BCUT2D eigenvalue weighted by atomic mass is 10.1. The zero-order valence-electron chi connectivity index (χ0n) is 14.4. The number of esters is 1. The smallest absolute Gasteiger partial charge is 0.306 e. The van der Waals surface area contributed by atoms with Gasteiger partial charge in [0.05, 0.1) is 7.11 Å². The second-order valence-electron chi connectivity index (χ2n) is 6.23. The lowest BCUT2D eigenvalue weighted by Crippen LogP contribution is -2.37. The standard InChI is InChI=1S/C19H27NO4/c1-23-17-11-7-6-8-15(17)12-13-19(22)24-14-18(21)20-16-9-4-2-3-5-10-16/h6-8,11,16H,2-5,9-10,12-14H2,1H3,(H,20,21). The van der Waals surface area contributed by atoms with Crippen LogP contribution in [0, 0.1) is 0 Å². The lowest BCUT2D eigenvalue weighted by molar-refractivity contribution is -0.148. The summed E-state index contributed by atoms with van der Waals surface area (Å²) in [6, 6.07) is 7.81. The van der Waals surface area contributed by atoms with Crippen LogP contribution in [0.2, 0.25) is 0 Å². The Morgan fingerprint density at radius 1 is 1.12 bits per heavy atom. The summed E-state index contributed by atoms with van der Waals surface area (Å²) < 4.78 is 10.3. The topological polar surface area (TPSA) is 64.6 Å². The van der Waals surface area contributed by atoms with Crippen LogP contribution in [0.3, 0.4) is 0 Å². The first-order valence-electron chi connectivity index (χ1n) is 8.76. The van der Waals surface area contributed by atoms with Crippen LogP contribution >= 0.6 is 0 Å². The number of aryl methyl sites for hydroxylation is 1. The Bertz CT molecular complexity index is 536. The average molecular weight is 333 g/mol. The van der Waals surface area contributed by atoms with E-state index >= 15 is 0 Å². The van der Waals surface area contributed by atoms with Gasteiger partial charge in [0.15, 0.2) is 6.61 Å². The van der Waals surface area contributed by atoms with E-state index in [9.17, 15) is 9.59 Å². The van der Waals surface area contributed by atoms with Crippen molar-refractivity contribution in [1.82, 2.24) is 5.32 Å². The Kier molecular flexibility index (Phi) is 7.59. The fraction of sp³-hybridized carbons (Fsp3) is 0.579. The Morgan fingerprint density at radius 2 is 1.83 bits per heavy atom. The van der Waals surface area contributed by atoms with Gasteiger partial charge in [-0.05, 0) is 30.9 Å². The van der Waals surface area contributed by atoms with Gasteiger partial charge in [0.1, 0.15) is 5.75 Å². The molecular weight excluding hydrogens is 306 g/mol. The first kappa shape index (κ1) is 18.3. The fourth-order valence-corrected chi connectivity index (χ4v) is 3.06. The summed E-state index contributed by atoms with van der Waals surface area (Å²) in [4.78, 5) is 23.7. The van der Waals surface area contributed by atoms with Crippen molar-refractivity contribution < 1.29 is 19.1 Å². The van der Waals surface area contributed by atoms with Gasteiger partial charge in [-0.1, -0.05) is 43.9 Å². The molecule has 0 saturated heterocycles. The molecule has 5 heteroatoms. The number of carbonyl (C=O) groups is 2. The molecular formula is C19H27NO4. The Morgan fingerprint density at radius 3 is 2.54 bits per heavy atom. The highest BCUT2D eigenvalue weighted by Crippen LogP contribution is 2.19. The van der Waals surface area contributed by atoms with Crippen molar-refractivity contribution >= 4 is 11.9 Å². The van der Waals surface area contributed by atoms with Crippen molar-refractivity contribution in [2.24, 2.45) is 0 Å². The average Bonchev–Trinajstić information content (AvgIpc) is 2.87. The summed E-state index contributed by atoms with van der Waals surface area (Å²) in [7, 11) is 1.61. The van der Waals surface area contributed by atoms with Crippen LogP contribution in [-0.4, -0.2) is 31.6 Å². The van der Waals surface area contributed by atoms with Crippen molar-refractivity contribution in [3.8, 4) is 5.75 Å². The van der Waals surface area contributed by atoms with Crippen LogP contribution in [0.15, 0.2) is 24.3 Å².